The van der Waals surface area contributed by atoms with Crippen LogP contribution >= 0.6 is 0 Å². The maximum atomic E-state index is 14.0. The van der Waals surface area contributed by atoms with Crippen LogP contribution in [0.3, 0.4) is 0 Å². The minimum absolute atomic E-state index is 0.0770. The van der Waals surface area contributed by atoms with E-state index < -0.39 is 5.60 Å². The molecule has 186 valence electrons. The van der Waals surface area contributed by atoms with Crippen molar-refractivity contribution in [1.82, 2.24) is 34.5 Å². The van der Waals surface area contributed by atoms with Gasteiger partial charge >= 0.3 is 0 Å². The Balaban J connectivity index is 1.54. The number of carbonyl (C=O) groups is 1. The summed E-state index contributed by atoms with van der Waals surface area (Å²) < 4.78 is 9.18. The van der Waals surface area contributed by atoms with Crippen LogP contribution in [0.25, 0.3) is 11.3 Å². The number of aliphatic hydroxyl groups is 1. The van der Waals surface area contributed by atoms with E-state index in [-0.39, 0.29) is 24.6 Å². The van der Waals surface area contributed by atoms with Crippen LogP contribution in [0.5, 0.6) is 0 Å². The number of hydrogen-bond donors (Lipinski definition) is 2. The standard InChI is InChI=1S/C25H33N7O3/c1-35-15-25(34)10-6-5-9-21(25)32-18-28-22(23(32)19-7-3-2-4-8-19)24(33)31-12-11-26-13-20(31)14-30-17-27-16-29-30/h2-4,7-8,16-18,20-21,26,34H,5-6,9-15H2,1H3/t20-,21+,25+/m0/s1. The van der Waals surface area contributed by atoms with Gasteiger partial charge in [-0.05, 0) is 12.8 Å². The summed E-state index contributed by atoms with van der Waals surface area (Å²) in [7, 11) is 1.62. The zero-order chi connectivity index (χ0) is 24.3. The quantitative estimate of drug-likeness (QED) is 0.531. The lowest BCUT2D eigenvalue weighted by molar-refractivity contribution is -0.0893. The van der Waals surface area contributed by atoms with Crippen LogP contribution in [0.2, 0.25) is 0 Å². The van der Waals surface area contributed by atoms with Gasteiger partial charge in [-0.3, -0.25) is 9.48 Å². The Labute approximate surface area is 204 Å². The van der Waals surface area contributed by atoms with E-state index in [0.29, 0.717) is 31.7 Å². The molecule has 10 nitrogen and oxygen atoms in total. The second kappa shape index (κ2) is 10.3. The summed E-state index contributed by atoms with van der Waals surface area (Å²) in [5, 5.41) is 19.2. The fraction of sp³-hybridized carbons (Fsp3) is 0.520. The van der Waals surface area contributed by atoms with Gasteiger partial charge in [-0.2, -0.15) is 5.10 Å². The fourth-order valence-electron chi connectivity index (χ4n) is 5.53. The van der Waals surface area contributed by atoms with Crippen LogP contribution in [-0.2, 0) is 11.3 Å². The summed E-state index contributed by atoms with van der Waals surface area (Å²) in [5.74, 6) is -0.111. The van der Waals surface area contributed by atoms with Gasteiger partial charge in [0.15, 0.2) is 5.69 Å². The van der Waals surface area contributed by atoms with Gasteiger partial charge in [0.05, 0.1) is 37.3 Å². The van der Waals surface area contributed by atoms with Crippen molar-refractivity contribution in [3.8, 4) is 11.3 Å². The van der Waals surface area contributed by atoms with E-state index >= 15 is 0 Å². The summed E-state index contributed by atoms with van der Waals surface area (Å²) >= 11 is 0. The van der Waals surface area contributed by atoms with Gasteiger partial charge < -0.3 is 24.6 Å². The Morgan fingerprint density at radius 2 is 2.11 bits per heavy atom. The van der Waals surface area contributed by atoms with Gasteiger partial charge in [0.1, 0.15) is 18.3 Å². The van der Waals surface area contributed by atoms with Crippen molar-refractivity contribution in [2.45, 2.75) is 49.9 Å². The molecule has 2 aromatic heterocycles. The molecule has 1 aliphatic carbocycles. The Morgan fingerprint density at radius 3 is 2.89 bits per heavy atom. The number of nitrogens with one attached hydrogen (secondary N) is 1. The summed E-state index contributed by atoms with van der Waals surface area (Å²) in [5.41, 5.74) is 1.05. The van der Waals surface area contributed by atoms with Crippen molar-refractivity contribution in [1.29, 1.82) is 0 Å². The van der Waals surface area contributed by atoms with Gasteiger partial charge in [-0.1, -0.05) is 43.2 Å². The molecule has 3 heterocycles. The number of rotatable bonds is 7. The molecule has 5 rings (SSSR count). The third kappa shape index (κ3) is 4.73. The number of benzene rings is 1. The molecule has 3 atom stereocenters. The Bertz CT molecular complexity index is 1110. The topological polar surface area (TPSA) is 110 Å². The first-order chi connectivity index (χ1) is 17.1. The van der Waals surface area contributed by atoms with Gasteiger partial charge in [0, 0.05) is 32.3 Å². The zero-order valence-corrected chi connectivity index (χ0v) is 20.1. The highest BCUT2D eigenvalue weighted by Crippen LogP contribution is 2.41. The molecule has 2 N–H and O–H groups in total. The number of imidazole rings is 1. The first-order valence-corrected chi connectivity index (χ1v) is 12.3. The van der Waals surface area contributed by atoms with Crippen LogP contribution in [0.1, 0.15) is 42.2 Å². The van der Waals surface area contributed by atoms with Crippen molar-refractivity contribution in [2.75, 3.05) is 33.4 Å². The minimum Gasteiger partial charge on any atom is -0.385 e. The molecule has 3 aromatic rings. The second-order valence-electron chi connectivity index (χ2n) is 9.49. The summed E-state index contributed by atoms with van der Waals surface area (Å²) in [6.07, 6.45) is 8.29. The molecule has 2 fully saturated rings. The number of hydrogen-bond acceptors (Lipinski definition) is 7. The molecule has 0 spiro atoms. The molecule has 1 saturated carbocycles. The average molecular weight is 480 g/mol. The molecular formula is C25H33N7O3. The lowest BCUT2D eigenvalue weighted by Gasteiger charge is -2.41. The highest BCUT2D eigenvalue weighted by Gasteiger charge is 2.42. The molecule has 1 saturated heterocycles. The zero-order valence-electron chi connectivity index (χ0n) is 20.1. The predicted molar refractivity (Wildman–Crippen MR) is 130 cm³/mol. The largest absolute Gasteiger partial charge is 0.385 e. The number of piperazine rings is 1. The van der Waals surface area contributed by atoms with Crippen LogP contribution < -0.4 is 5.32 Å². The first-order valence-electron chi connectivity index (χ1n) is 12.3. The Morgan fingerprint density at radius 1 is 1.26 bits per heavy atom. The smallest absolute Gasteiger partial charge is 0.275 e. The molecule has 0 bridgehead atoms. The first kappa shape index (κ1) is 23.7. The van der Waals surface area contributed by atoms with E-state index in [4.69, 9.17) is 4.74 Å². The second-order valence-corrected chi connectivity index (χ2v) is 9.49. The normalized spacial score (nSPS) is 25.0. The number of amides is 1. The SMILES string of the molecule is COC[C@]1(O)CCCC[C@H]1n1cnc(C(=O)N2CCNC[C@H]2Cn2cncn2)c1-c1ccccc1. The van der Waals surface area contributed by atoms with Gasteiger partial charge in [0.2, 0.25) is 0 Å². The molecule has 2 aliphatic rings. The number of ether oxygens (including phenoxy) is 1. The van der Waals surface area contributed by atoms with Gasteiger partial charge in [-0.15, -0.1) is 0 Å². The predicted octanol–water partition coefficient (Wildman–Crippen LogP) is 1.75. The van der Waals surface area contributed by atoms with E-state index in [0.717, 1.165) is 37.1 Å². The fourth-order valence-corrected chi connectivity index (χ4v) is 5.53. The lowest BCUT2D eigenvalue weighted by atomic mass is 9.80. The van der Waals surface area contributed by atoms with Crippen molar-refractivity contribution < 1.29 is 14.6 Å². The van der Waals surface area contributed by atoms with Crippen molar-refractivity contribution >= 4 is 5.91 Å². The molecule has 1 amide bonds. The number of aromatic nitrogens is 5. The van der Waals surface area contributed by atoms with Gasteiger partial charge in [-0.25, -0.2) is 9.97 Å². The number of carbonyl (C=O) groups excluding carboxylic acids is 1. The maximum Gasteiger partial charge on any atom is 0.275 e. The van der Waals surface area contributed by atoms with Crippen molar-refractivity contribution in [2.24, 2.45) is 0 Å². The lowest BCUT2D eigenvalue weighted by Crippen LogP contribution is -2.55. The molecule has 35 heavy (non-hydrogen) atoms. The van der Waals surface area contributed by atoms with Crippen LogP contribution in [-0.4, -0.2) is 85.2 Å². The molecule has 0 unspecified atom stereocenters. The molecular weight excluding hydrogens is 446 g/mol. The van der Waals surface area contributed by atoms with Gasteiger partial charge in [0.25, 0.3) is 5.91 Å². The average Bonchev–Trinajstić information content (AvgIpc) is 3.55. The summed E-state index contributed by atoms with van der Waals surface area (Å²) in [6, 6.07) is 9.56. The van der Waals surface area contributed by atoms with Crippen molar-refractivity contribution in [3.63, 3.8) is 0 Å². The molecule has 0 radical (unpaired) electrons. The Kier molecular flexibility index (Phi) is 6.94. The van der Waals surface area contributed by atoms with E-state index in [1.54, 1.807) is 24.4 Å². The van der Waals surface area contributed by atoms with Crippen molar-refractivity contribution in [3.05, 3.63) is 55.0 Å². The van der Waals surface area contributed by atoms with E-state index in [9.17, 15) is 9.90 Å². The summed E-state index contributed by atoms with van der Waals surface area (Å²) in [6.45, 7) is 2.76. The van der Waals surface area contributed by atoms with Crippen LogP contribution in [0.4, 0.5) is 0 Å². The van der Waals surface area contributed by atoms with E-state index in [1.165, 1.54) is 6.33 Å². The highest BCUT2D eigenvalue weighted by molar-refractivity contribution is 5.98. The number of nitrogens with zero attached hydrogens (tertiary/aromatic N) is 6. The highest BCUT2D eigenvalue weighted by atomic mass is 16.5. The third-order valence-corrected chi connectivity index (χ3v) is 7.21. The molecule has 10 heteroatoms. The third-order valence-electron chi connectivity index (χ3n) is 7.21. The van der Waals surface area contributed by atoms with Crippen LogP contribution in [0, 0.1) is 0 Å². The molecule has 1 aliphatic heterocycles. The Hall–Kier alpha value is -3.08. The maximum absolute atomic E-state index is 14.0. The monoisotopic (exact) mass is 479 g/mol. The summed E-state index contributed by atoms with van der Waals surface area (Å²) in [4.78, 5) is 24.6. The van der Waals surface area contributed by atoms with E-state index in [1.807, 2.05) is 39.8 Å². The number of methoxy groups -OCH3 is 1. The molecule has 1 aromatic carbocycles. The van der Waals surface area contributed by atoms with E-state index in [2.05, 4.69) is 20.4 Å². The minimum atomic E-state index is -1.01. The van der Waals surface area contributed by atoms with Crippen LogP contribution in [0.15, 0.2) is 49.3 Å².